The van der Waals surface area contributed by atoms with E-state index in [0.29, 0.717) is 10.7 Å². The summed E-state index contributed by atoms with van der Waals surface area (Å²) in [5.74, 6) is -3.40. The Morgan fingerprint density at radius 3 is 2.50 bits per heavy atom. The second-order valence-corrected chi connectivity index (χ2v) is 4.13. The minimum atomic E-state index is -1.31. The lowest BCUT2D eigenvalue weighted by molar-refractivity contribution is 0.498. The molecule has 1 aromatic heterocycles. The first-order chi connectivity index (χ1) is 8.45. The molecule has 8 heteroatoms. The zero-order valence-electron chi connectivity index (χ0n) is 8.72. The molecule has 94 valence electrons. The van der Waals surface area contributed by atoms with E-state index in [1.165, 1.54) is 6.07 Å². The average molecular weight is 319 g/mol. The van der Waals surface area contributed by atoms with Crippen LogP contribution >= 0.6 is 15.9 Å². The molecular weight excluding hydrogens is 313 g/mol. The SMILES string of the molecule is Nc1cc(Br)nc(Nc2cc(F)cc(F)c2F)n1. The molecule has 0 saturated heterocycles. The maximum Gasteiger partial charge on any atom is 0.230 e. The zero-order chi connectivity index (χ0) is 13.3. The molecule has 0 unspecified atom stereocenters. The highest BCUT2D eigenvalue weighted by atomic mass is 79.9. The molecule has 0 atom stereocenters. The minimum Gasteiger partial charge on any atom is -0.383 e. The average Bonchev–Trinajstić information content (AvgIpc) is 2.23. The molecule has 2 aromatic rings. The Balaban J connectivity index is 2.39. The summed E-state index contributed by atoms with van der Waals surface area (Å²) in [6.45, 7) is 0. The lowest BCUT2D eigenvalue weighted by Gasteiger charge is -2.07. The third-order valence-corrected chi connectivity index (χ3v) is 2.36. The second-order valence-electron chi connectivity index (χ2n) is 3.31. The van der Waals surface area contributed by atoms with E-state index in [4.69, 9.17) is 5.73 Å². The van der Waals surface area contributed by atoms with Crippen LogP contribution in [0.3, 0.4) is 0 Å². The van der Waals surface area contributed by atoms with Gasteiger partial charge in [-0.2, -0.15) is 4.98 Å². The number of aromatic nitrogens is 2. The summed E-state index contributed by atoms with van der Waals surface area (Å²) in [5.41, 5.74) is 5.04. The molecule has 1 aromatic carbocycles. The van der Waals surface area contributed by atoms with Crippen molar-refractivity contribution in [2.45, 2.75) is 0 Å². The fourth-order valence-corrected chi connectivity index (χ4v) is 1.66. The fourth-order valence-electron chi connectivity index (χ4n) is 1.26. The van der Waals surface area contributed by atoms with E-state index in [9.17, 15) is 13.2 Å². The molecule has 4 nitrogen and oxygen atoms in total. The third kappa shape index (κ3) is 2.70. The number of halogens is 4. The monoisotopic (exact) mass is 318 g/mol. The van der Waals surface area contributed by atoms with Gasteiger partial charge in [-0.05, 0) is 15.9 Å². The van der Waals surface area contributed by atoms with Gasteiger partial charge in [-0.25, -0.2) is 18.2 Å². The van der Waals surface area contributed by atoms with Crippen LogP contribution in [0.4, 0.5) is 30.6 Å². The van der Waals surface area contributed by atoms with Gasteiger partial charge in [-0.3, -0.25) is 0 Å². The first-order valence-corrected chi connectivity index (χ1v) is 5.46. The van der Waals surface area contributed by atoms with Crippen LogP contribution in [0.15, 0.2) is 22.8 Å². The molecule has 0 spiro atoms. The van der Waals surface area contributed by atoms with Crippen molar-refractivity contribution in [3.05, 3.63) is 40.3 Å². The molecule has 2 rings (SSSR count). The van der Waals surface area contributed by atoms with Gasteiger partial charge in [0.2, 0.25) is 5.95 Å². The summed E-state index contributed by atoms with van der Waals surface area (Å²) in [6.07, 6.45) is 0. The zero-order valence-corrected chi connectivity index (χ0v) is 10.3. The number of hydrogen-bond acceptors (Lipinski definition) is 4. The summed E-state index contributed by atoms with van der Waals surface area (Å²) >= 11 is 3.06. The molecule has 1 heterocycles. The van der Waals surface area contributed by atoms with Crippen LogP contribution in [0.2, 0.25) is 0 Å². The summed E-state index contributed by atoms with van der Waals surface area (Å²) in [5, 5.41) is 2.35. The van der Waals surface area contributed by atoms with Crippen molar-refractivity contribution in [3.63, 3.8) is 0 Å². The standard InChI is InChI=1S/C10H6BrF3N4/c11-7-3-8(15)18-10(17-7)16-6-2-4(12)1-5(13)9(6)14/h1-3H,(H3,15,16,17,18). The van der Waals surface area contributed by atoms with E-state index >= 15 is 0 Å². The second kappa shape index (κ2) is 4.81. The van der Waals surface area contributed by atoms with E-state index in [1.54, 1.807) is 0 Å². The van der Waals surface area contributed by atoms with E-state index < -0.39 is 23.1 Å². The minimum absolute atomic E-state index is 0.0780. The quantitative estimate of drug-likeness (QED) is 0.660. The number of benzene rings is 1. The fraction of sp³-hybridized carbons (Fsp3) is 0. The largest absolute Gasteiger partial charge is 0.383 e. The van der Waals surface area contributed by atoms with Gasteiger partial charge in [0, 0.05) is 18.2 Å². The van der Waals surface area contributed by atoms with Crippen molar-refractivity contribution in [3.8, 4) is 0 Å². The van der Waals surface area contributed by atoms with Crippen molar-refractivity contribution in [2.24, 2.45) is 0 Å². The highest BCUT2D eigenvalue weighted by molar-refractivity contribution is 9.10. The van der Waals surface area contributed by atoms with E-state index in [0.717, 1.165) is 6.07 Å². The summed E-state index contributed by atoms with van der Waals surface area (Å²) in [4.78, 5) is 7.58. The molecule has 0 saturated carbocycles. The molecule has 0 aliphatic heterocycles. The number of nitrogens with one attached hydrogen (secondary N) is 1. The lowest BCUT2D eigenvalue weighted by atomic mass is 10.3. The number of nitrogen functional groups attached to an aromatic ring is 1. The molecule has 3 N–H and O–H groups in total. The first kappa shape index (κ1) is 12.6. The van der Waals surface area contributed by atoms with Gasteiger partial charge in [-0.1, -0.05) is 0 Å². The summed E-state index contributed by atoms with van der Waals surface area (Å²) in [7, 11) is 0. The highest BCUT2D eigenvalue weighted by Gasteiger charge is 2.12. The van der Waals surface area contributed by atoms with Gasteiger partial charge in [0.1, 0.15) is 16.2 Å². The summed E-state index contributed by atoms with van der Waals surface area (Å²) in [6, 6.07) is 2.66. The highest BCUT2D eigenvalue weighted by Crippen LogP contribution is 2.23. The van der Waals surface area contributed by atoms with Crippen LogP contribution in [0.1, 0.15) is 0 Å². The van der Waals surface area contributed by atoms with Gasteiger partial charge in [0.05, 0.1) is 5.69 Å². The van der Waals surface area contributed by atoms with Crippen molar-refractivity contribution in [1.82, 2.24) is 9.97 Å². The van der Waals surface area contributed by atoms with E-state index in [1.807, 2.05) is 0 Å². The lowest BCUT2D eigenvalue weighted by Crippen LogP contribution is -2.03. The Labute approximate surface area is 108 Å². The van der Waals surface area contributed by atoms with Crippen molar-refractivity contribution < 1.29 is 13.2 Å². The van der Waals surface area contributed by atoms with Gasteiger partial charge in [0.25, 0.3) is 0 Å². The molecule has 0 aliphatic rings. The number of hydrogen-bond donors (Lipinski definition) is 2. The number of rotatable bonds is 2. The maximum atomic E-state index is 13.4. The molecular formula is C10H6BrF3N4. The normalized spacial score (nSPS) is 10.4. The van der Waals surface area contributed by atoms with Crippen LogP contribution in [0, 0.1) is 17.5 Å². The first-order valence-electron chi connectivity index (χ1n) is 4.67. The van der Waals surface area contributed by atoms with Gasteiger partial charge < -0.3 is 11.1 Å². The van der Waals surface area contributed by atoms with Crippen LogP contribution in [-0.4, -0.2) is 9.97 Å². The summed E-state index contributed by atoms with van der Waals surface area (Å²) < 4.78 is 39.6. The predicted molar refractivity (Wildman–Crippen MR) is 63.7 cm³/mol. The molecule has 0 radical (unpaired) electrons. The van der Waals surface area contributed by atoms with Crippen molar-refractivity contribution in [2.75, 3.05) is 11.1 Å². The third-order valence-electron chi connectivity index (χ3n) is 1.95. The van der Waals surface area contributed by atoms with Crippen molar-refractivity contribution in [1.29, 1.82) is 0 Å². The Hall–Kier alpha value is -1.83. The van der Waals surface area contributed by atoms with Gasteiger partial charge in [-0.15, -0.1) is 0 Å². The van der Waals surface area contributed by atoms with Crippen molar-refractivity contribution >= 4 is 33.4 Å². The van der Waals surface area contributed by atoms with E-state index in [-0.39, 0.29) is 11.8 Å². The Morgan fingerprint density at radius 1 is 1.11 bits per heavy atom. The number of nitrogens with two attached hydrogens (primary N) is 1. The van der Waals surface area contributed by atoms with Crippen LogP contribution < -0.4 is 11.1 Å². The Kier molecular flexibility index (Phi) is 3.37. The van der Waals surface area contributed by atoms with Crippen LogP contribution in [-0.2, 0) is 0 Å². The number of nitrogens with zero attached hydrogens (tertiary/aromatic N) is 2. The predicted octanol–water partition coefficient (Wildman–Crippen LogP) is 2.98. The molecule has 0 amide bonds. The molecule has 0 fully saturated rings. The molecule has 0 aliphatic carbocycles. The maximum absolute atomic E-state index is 13.4. The molecule has 18 heavy (non-hydrogen) atoms. The Morgan fingerprint density at radius 2 is 1.83 bits per heavy atom. The van der Waals surface area contributed by atoms with Crippen LogP contribution in [0.25, 0.3) is 0 Å². The topological polar surface area (TPSA) is 63.8 Å². The molecule has 0 bridgehead atoms. The Bertz CT molecular complexity index is 586. The number of anilines is 3. The van der Waals surface area contributed by atoms with Gasteiger partial charge in [0.15, 0.2) is 11.6 Å². The smallest absolute Gasteiger partial charge is 0.230 e. The van der Waals surface area contributed by atoms with Crippen LogP contribution in [0.5, 0.6) is 0 Å². The van der Waals surface area contributed by atoms with Gasteiger partial charge >= 0.3 is 0 Å². The van der Waals surface area contributed by atoms with E-state index in [2.05, 4.69) is 31.2 Å².